The molecule has 0 bridgehead atoms. The lowest BCUT2D eigenvalue weighted by molar-refractivity contribution is 0.585. The largest absolute Gasteiger partial charge is 0.310 e. The lowest BCUT2D eigenvalue weighted by atomic mass is 10.3. The van der Waals surface area contributed by atoms with Gasteiger partial charge in [0.2, 0.25) is 0 Å². The Balaban J connectivity index is 2.78. The third kappa shape index (κ3) is 3.20. The summed E-state index contributed by atoms with van der Waals surface area (Å²) in [7, 11) is 0. The highest BCUT2D eigenvalue weighted by atomic mass is 79.9. The van der Waals surface area contributed by atoms with Crippen molar-refractivity contribution in [2.24, 2.45) is 0 Å². The second kappa shape index (κ2) is 6.51. The van der Waals surface area contributed by atoms with Crippen molar-refractivity contribution in [3.05, 3.63) is 15.9 Å². The molecule has 0 aliphatic carbocycles. The third-order valence-corrected chi connectivity index (χ3v) is 3.36. The highest BCUT2D eigenvalue weighted by molar-refractivity contribution is 9.10. The Kier molecular flexibility index (Phi) is 5.64. The zero-order valence-corrected chi connectivity index (χ0v) is 11.5. The number of halogens is 2. The molecule has 1 N–H and O–H groups in total. The summed E-state index contributed by atoms with van der Waals surface area (Å²) in [5.41, 5.74) is 2.33. The summed E-state index contributed by atoms with van der Waals surface area (Å²) in [4.78, 5) is 0. The molecule has 5 heteroatoms. The van der Waals surface area contributed by atoms with Gasteiger partial charge < -0.3 is 5.32 Å². The number of hydrogen-bond donors (Lipinski definition) is 1. The van der Waals surface area contributed by atoms with E-state index >= 15 is 0 Å². The lowest BCUT2D eigenvalue weighted by Gasteiger charge is -2.05. The molecule has 1 aromatic rings. The quantitative estimate of drug-likeness (QED) is 0.645. The molecule has 0 atom stereocenters. The standard InChI is InChI=1S/C10H17BrClN3/c1-3-8-10(11)9(7-13-6-5-12)15(4-2)14-8/h13H,3-7H2,1-2H3. The summed E-state index contributed by atoms with van der Waals surface area (Å²) in [6.45, 7) is 6.75. The molecule has 0 unspecified atom stereocenters. The van der Waals surface area contributed by atoms with E-state index in [1.807, 2.05) is 4.68 Å². The summed E-state index contributed by atoms with van der Waals surface area (Å²) < 4.78 is 3.17. The summed E-state index contributed by atoms with van der Waals surface area (Å²) in [5, 5.41) is 7.80. The molecule has 3 nitrogen and oxygen atoms in total. The number of aromatic nitrogens is 2. The Morgan fingerprint density at radius 2 is 2.20 bits per heavy atom. The van der Waals surface area contributed by atoms with Crippen LogP contribution in [0.4, 0.5) is 0 Å². The maximum atomic E-state index is 5.62. The molecule has 0 saturated heterocycles. The molecule has 0 amide bonds. The van der Waals surface area contributed by atoms with Crippen molar-refractivity contribution in [1.82, 2.24) is 15.1 Å². The van der Waals surface area contributed by atoms with E-state index in [0.717, 1.165) is 36.2 Å². The third-order valence-electron chi connectivity index (χ3n) is 2.26. The van der Waals surface area contributed by atoms with E-state index in [4.69, 9.17) is 11.6 Å². The summed E-state index contributed by atoms with van der Waals surface area (Å²) in [6.07, 6.45) is 0.954. The number of rotatable bonds is 6. The van der Waals surface area contributed by atoms with Crippen LogP contribution in [-0.4, -0.2) is 22.2 Å². The Morgan fingerprint density at radius 1 is 1.47 bits per heavy atom. The first-order valence-corrected chi connectivity index (χ1v) is 6.58. The van der Waals surface area contributed by atoms with E-state index in [2.05, 4.69) is 40.2 Å². The van der Waals surface area contributed by atoms with Gasteiger partial charge >= 0.3 is 0 Å². The summed E-state index contributed by atoms with van der Waals surface area (Å²) in [5.74, 6) is 0.637. The second-order valence-electron chi connectivity index (χ2n) is 3.24. The van der Waals surface area contributed by atoms with Crippen molar-refractivity contribution in [3.63, 3.8) is 0 Å². The predicted octanol–water partition coefficient (Wildman–Crippen LogP) is 2.56. The van der Waals surface area contributed by atoms with Crippen LogP contribution in [0.25, 0.3) is 0 Å². The zero-order valence-electron chi connectivity index (χ0n) is 9.19. The molecule has 1 heterocycles. The van der Waals surface area contributed by atoms with Crippen LogP contribution >= 0.6 is 27.5 Å². The minimum Gasteiger partial charge on any atom is -0.310 e. The van der Waals surface area contributed by atoms with Crippen molar-refractivity contribution in [3.8, 4) is 0 Å². The van der Waals surface area contributed by atoms with E-state index in [1.54, 1.807) is 0 Å². The molecule has 0 aliphatic heterocycles. The van der Waals surface area contributed by atoms with E-state index in [1.165, 1.54) is 5.69 Å². The van der Waals surface area contributed by atoms with Crippen molar-refractivity contribution in [2.75, 3.05) is 12.4 Å². The molecule has 86 valence electrons. The van der Waals surface area contributed by atoms with Gasteiger partial charge in [0.1, 0.15) is 0 Å². The fraction of sp³-hybridized carbons (Fsp3) is 0.700. The molecule has 0 spiro atoms. The van der Waals surface area contributed by atoms with Crippen LogP contribution in [-0.2, 0) is 19.5 Å². The molecule has 0 aliphatic rings. The first kappa shape index (κ1) is 13.0. The number of nitrogens with zero attached hydrogens (tertiary/aromatic N) is 2. The molecule has 0 radical (unpaired) electrons. The molecule has 1 rings (SSSR count). The van der Waals surface area contributed by atoms with Gasteiger partial charge in [-0.15, -0.1) is 11.6 Å². The molecular weight excluding hydrogens is 277 g/mol. The van der Waals surface area contributed by atoms with Gasteiger partial charge in [-0.05, 0) is 29.3 Å². The van der Waals surface area contributed by atoms with Crippen molar-refractivity contribution >= 4 is 27.5 Å². The van der Waals surface area contributed by atoms with Gasteiger partial charge in [0.25, 0.3) is 0 Å². The summed E-state index contributed by atoms with van der Waals surface area (Å²) in [6, 6.07) is 0. The van der Waals surface area contributed by atoms with Crippen LogP contribution in [0.5, 0.6) is 0 Å². The first-order chi connectivity index (χ1) is 7.24. The van der Waals surface area contributed by atoms with E-state index in [9.17, 15) is 0 Å². The normalized spacial score (nSPS) is 10.9. The molecule has 0 aromatic carbocycles. The fourth-order valence-electron chi connectivity index (χ4n) is 1.46. The second-order valence-corrected chi connectivity index (χ2v) is 4.41. The van der Waals surface area contributed by atoms with Gasteiger partial charge in [0.15, 0.2) is 0 Å². The van der Waals surface area contributed by atoms with Crippen molar-refractivity contribution in [1.29, 1.82) is 0 Å². The van der Waals surface area contributed by atoms with Crippen LogP contribution in [0.1, 0.15) is 25.2 Å². The van der Waals surface area contributed by atoms with Gasteiger partial charge in [0, 0.05) is 25.5 Å². The molecule has 0 fully saturated rings. The Morgan fingerprint density at radius 3 is 2.73 bits per heavy atom. The van der Waals surface area contributed by atoms with Gasteiger partial charge in [-0.2, -0.15) is 5.10 Å². The Labute approximate surface area is 104 Å². The van der Waals surface area contributed by atoms with Gasteiger partial charge in [-0.25, -0.2) is 0 Å². The minimum absolute atomic E-state index is 0.637. The van der Waals surface area contributed by atoms with E-state index < -0.39 is 0 Å². The number of aryl methyl sites for hydroxylation is 2. The SMILES string of the molecule is CCc1nn(CC)c(CNCCCl)c1Br. The van der Waals surface area contributed by atoms with Crippen LogP contribution in [0.3, 0.4) is 0 Å². The maximum absolute atomic E-state index is 5.62. The highest BCUT2D eigenvalue weighted by Gasteiger charge is 2.12. The van der Waals surface area contributed by atoms with Crippen LogP contribution in [0.2, 0.25) is 0 Å². The topological polar surface area (TPSA) is 29.9 Å². The van der Waals surface area contributed by atoms with Gasteiger partial charge in [-0.1, -0.05) is 6.92 Å². The van der Waals surface area contributed by atoms with Crippen LogP contribution in [0, 0.1) is 0 Å². The maximum Gasteiger partial charge on any atom is 0.0767 e. The minimum atomic E-state index is 0.637. The average Bonchev–Trinajstić information content (AvgIpc) is 2.56. The highest BCUT2D eigenvalue weighted by Crippen LogP contribution is 2.21. The Hall–Kier alpha value is -0.0600. The zero-order chi connectivity index (χ0) is 11.3. The van der Waals surface area contributed by atoms with E-state index in [0.29, 0.717) is 5.88 Å². The monoisotopic (exact) mass is 293 g/mol. The fourth-order valence-corrected chi connectivity index (χ4v) is 2.30. The number of alkyl halides is 1. The van der Waals surface area contributed by atoms with Crippen molar-refractivity contribution in [2.45, 2.75) is 33.4 Å². The smallest absolute Gasteiger partial charge is 0.0767 e. The number of hydrogen-bond acceptors (Lipinski definition) is 2. The first-order valence-electron chi connectivity index (χ1n) is 5.25. The molecule has 1 aromatic heterocycles. The predicted molar refractivity (Wildman–Crippen MR) is 67.4 cm³/mol. The molecule has 0 saturated carbocycles. The van der Waals surface area contributed by atoms with Crippen LogP contribution < -0.4 is 5.32 Å². The van der Waals surface area contributed by atoms with Crippen molar-refractivity contribution < 1.29 is 0 Å². The summed E-state index contributed by atoms with van der Waals surface area (Å²) >= 11 is 9.22. The van der Waals surface area contributed by atoms with E-state index in [-0.39, 0.29) is 0 Å². The van der Waals surface area contributed by atoms with Gasteiger partial charge in [0.05, 0.1) is 15.9 Å². The average molecular weight is 295 g/mol. The Bertz CT molecular complexity index is 312. The van der Waals surface area contributed by atoms with Gasteiger partial charge in [-0.3, -0.25) is 4.68 Å². The molecule has 15 heavy (non-hydrogen) atoms. The lowest BCUT2D eigenvalue weighted by Crippen LogP contribution is -2.18. The number of nitrogens with one attached hydrogen (secondary N) is 1. The van der Waals surface area contributed by atoms with Crippen LogP contribution in [0.15, 0.2) is 4.47 Å². The molecular formula is C10H17BrClN3.